The normalized spacial score (nSPS) is 16.2. The second-order valence-corrected chi connectivity index (χ2v) is 10.3. The van der Waals surface area contributed by atoms with Crippen molar-refractivity contribution < 1.29 is 37.5 Å². The molecule has 2 N–H and O–H groups in total. The van der Waals surface area contributed by atoms with Crippen LogP contribution in [0.5, 0.6) is 5.75 Å². The lowest BCUT2D eigenvalue weighted by atomic mass is 9.86. The molecule has 0 saturated heterocycles. The number of aliphatic carboxylic acids is 1. The highest BCUT2D eigenvalue weighted by molar-refractivity contribution is 6.30. The second-order valence-electron chi connectivity index (χ2n) is 9.44. The average Bonchev–Trinajstić information content (AvgIpc) is 3.10. The van der Waals surface area contributed by atoms with Crippen LogP contribution in [-0.2, 0) is 22.6 Å². The van der Waals surface area contributed by atoms with Crippen molar-refractivity contribution in [2.75, 3.05) is 19.7 Å². The van der Waals surface area contributed by atoms with Gasteiger partial charge in [0.2, 0.25) is 0 Å². The average molecular weight is 597 g/mol. The number of hydrogen-bond donors (Lipinski definition) is 2. The van der Waals surface area contributed by atoms with Crippen LogP contribution in [0.3, 0.4) is 0 Å². The summed E-state index contributed by atoms with van der Waals surface area (Å²) in [7, 11) is 0. The Morgan fingerprint density at radius 2 is 1.57 bits per heavy atom. The van der Waals surface area contributed by atoms with Gasteiger partial charge in [-0.05, 0) is 60.9 Å². The maximum absolute atomic E-state index is 13.0. The zero-order chi connectivity index (χ0) is 29.3. The summed E-state index contributed by atoms with van der Waals surface area (Å²) >= 11 is 12.2. The Kier molecular flexibility index (Phi) is 11.2. The molecule has 4 rings (SSSR count). The third-order valence-corrected chi connectivity index (χ3v) is 6.93. The van der Waals surface area contributed by atoms with E-state index in [0.717, 1.165) is 36.4 Å². The summed E-state index contributed by atoms with van der Waals surface area (Å²) in [6, 6.07) is 23.8. The van der Waals surface area contributed by atoms with E-state index in [1.165, 1.54) is 10.5 Å². The third-order valence-electron chi connectivity index (χ3n) is 6.43. The second kappa shape index (κ2) is 14.4. The van der Waals surface area contributed by atoms with E-state index in [0.29, 0.717) is 23.2 Å². The van der Waals surface area contributed by atoms with Crippen molar-refractivity contribution in [1.29, 1.82) is 0 Å². The number of hydrogen-bond acceptors (Lipinski definition) is 4. The number of fused-ring (bicyclic) bond motifs is 1. The Bertz CT molecular complexity index is 1270. The van der Waals surface area contributed by atoms with Gasteiger partial charge in [-0.25, -0.2) is 0 Å². The van der Waals surface area contributed by atoms with E-state index in [9.17, 15) is 18.0 Å². The van der Waals surface area contributed by atoms with Gasteiger partial charge in [0.05, 0.1) is 0 Å². The van der Waals surface area contributed by atoms with E-state index >= 15 is 0 Å². The number of ether oxygens (including phenoxy) is 1. The first-order valence-electron chi connectivity index (χ1n) is 12.5. The van der Waals surface area contributed by atoms with Gasteiger partial charge in [-0.15, -0.1) is 0 Å². The number of carbonyl (C=O) groups excluding carboxylic acids is 2. The van der Waals surface area contributed by atoms with Crippen LogP contribution in [0, 0.1) is 0 Å². The van der Waals surface area contributed by atoms with Crippen LogP contribution in [0.25, 0.3) is 0 Å². The number of alkyl halides is 3. The van der Waals surface area contributed by atoms with Crippen LogP contribution < -0.4 is 20.1 Å². The molecule has 1 amide bonds. The van der Waals surface area contributed by atoms with Gasteiger partial charge in [0.25, 0.3) is 5.91 Å². The van der Waals surface area contributed by atoms with Crippen molar-refractivity contribution in [2.24, 2.45) is 0 Å². The molecule has 3 aromatic carbocycles. The van der Waals surface area contributed by atoms with E-state index in [1.54, 1.807) is 0 Å². The minimum Gasteiger partial charge on any atom is -0.542 e. The van der Waals surface area contributed by atoms with Crippen molar-refractivity contribution in [3.8, 4) is 5.75 Å². The Balaban J connectivity index is 0.000000559. The number of para-hydroxylation sites is 1. The number of halogens is 5. The molecule has 0 aliphatic carbocycles. The highest BCUT2D eigenvalue weighted by atomic mass is 35.5. The Morgan fingerprint density at radius 1 is 1.00 bits per heavy atom. The molecular weight excluding hydrogens is 568 g/mol. The zero-order valence-corrected chi connectivity index (χ0v) is 23.2. The fourth-order valence-corrected chi connectivity index (χ4v) is 4.66. The number of carboxylic acid groups (broad SMARTS) is 1. The lowest BCUT2D eigenvalue weighted by molar-refractivity contribution is -0.904. The van der Waals surface area contributed by atoms with Gasteiger partial charge in [0, 0.05) is 27.6 Å². The van der Waals surface area contributed by atoms with Crippen molar-refractivity contribution in [3.63, 3.8) is 0 Å². The SMILES string of the molecule is C[C@@H](NC(=O)C[NH+]1CCOc2ccccc2C1)[C@H](Cc1ccc(Cl)cc1)c1ccc(Cl)cc1.O=C([O-])C(F)(F)F. The number of nitrogens with one attached hydrogen (secondary N) is 2. The standard InChI is InChI=1S/C27H28Cl2N2O2.C2HF3O2/c1-19(30-27(32)18-31-14-15-33-26-5-3-2-4-22(26)17-31)25(21-8-12-24(29)13-9-21)16-20-6-10-23(28)11-7-20;3-2(4,5)1(6)7/h2-13,19,25H,14-18H2,1H3,(H,30,32);(H,6,7)/t19-,25+;/m1./s1. The first-order valence-corrected chi connectivity index (χ1v) is 13.3. The molecule has 3 atom stereocenters. The number of quaternary nitrogens is 1. The molecule has 6 nitrogen and oxygen atoms in total. The minimum atomic E-state index is -5.19. The van der Waals surface area contributed by atoms with E-state index in [-0.39, 0.29) is 17.9 Å². The lowest BCUT2D eigenvalue weighted by Gasteiger charge is -2.26. The summed E-state index contributed by atoms with van der Waals surface area (Å²) < 4.78 is 37.4. The summed E-state index contributed by atoms with van der Waals surface area (Å²) in [6.45, 7) is 4.67. The van der Waals surface area contributed by atoms with Gasteiger partial charge in [-0.1, -0.05) is 59.6 Å². The maximum Gasteiger partial charge on any atom is 0.430 e. The number of amides is 1. The highest BCUT2D eigenvalue weighted by Crippen LogP contribution is 2.27. The van der Waals surface area contributed by atoms with Crippen molar-refractivity contribution >= 4 is 35.1 Å². The molecule has 0 aromatic heterocycles. The molecule has 0 radical (unpaired) electrons. The van der Waals surface area contributed by atoms with Crippen LogP contribution >= 0.6 is 23.2 Å². The minimum absolute atomic E-state index is 0.0481. The fourth-order valence-electron chi connectivity index (χ4n) is 4.40. The Hall–Kier alpha value is -3.27. The zero-order valence-electron chi connectivity index (χ0n) is 21.6. The number of carboxylic acids is 1. The number of carbonyl (C=O) groups is 2. The van der Waals surface area contributed by atoms with Gasteiger partial charge in [-0.2, -0.15) is 13.2 Å². The summed E-state index contributed by atoms with van der Waals surface area (Å²) in [5.41, 5.74) is 3.46. The van der Waals surface area contributed by atoms with Crippen LogP contribution in [0.2, 0.25) is 10.0 Å². The topological polar surface area (TPSA) is 82.9 Å². The van der Waals surface area contributed by atoms with Crippen molar-refractivity contribution in [1.82, 2.24) is 5.32 Å². The molecule has 0 saturated carbocycles. The van der Waals surface area contributed by atoms with E-state index in [4.69, 9.17) is 37.8 Å². The summed E-state index contributed by atoms with van der Waals surface area (Å²) in [4.78, 5) is 23.0. The summed E-state index contributed by atoms with van der Waals surface area (Å²) in [6.07, 6.45) is -4.40. The molecule has 1 heterocycles. The van der Waals surface area contributed by atoms with Gasteiger partial charge >= 0.3 is 6.18 Å². The maximum atomic E-state index is 13.0. The summed E-state index contributed by atoms with van der Waals surface area (Å²) in [5.74, 6) is -1.93. The van der Waals surface area contributed by atoms with E-state index in [2.05, 4.69) is 18.3 Å². The smallest absolute Gasteiger partial charge is 0.430 e. The largest absolute Gasteiger partial charge is 0.542 e. The van der Waals surface area contributed by atoms with E-state index < -0.39 is 12.1 Å². The molecule has 1 aliphatic heterocycles. The third kappa shape index (κ3) is 9.73. The molecular formula is C29H29Cl2F3N2O4. The molecule has 40 heavy (non-hydrogen) atoms. The van der Waals surface area contributed by atoms with Gasteiger partial charge in [0.15, 0.2) is 6.54 Å². The van der Waals surface area contributed by atoms with Crippen molar-refractivity contribution in [3.05, 3.63) is 99.5 Å². The predicted octanol–water partition coefficient (Wildman–Crippen LogP) is 3.60. The molecule has 11 heteroatoms. The molecule has 1 aliphatic rings. The molecule has 214 valence electrons. The number of benzene rings is 3. The lowest BCUT2D eigenvalue weighted by Crippen LogP contribution is -3.12. The Morgan fingerprint density at radius 3 is 2.17 bits per heavy atom. The fraction of sp³-hybridized carbons (Fsp3) is 0.310. The van der Waals surface area contributed by atoms with E-state index in [1.807, 2.05) is 66.7 Å². The van der Waals surface area contributed by atoms with Crippen molar-refractivity contribution in [2.45, 2.75) is 38.0 Å². The molecule has 0 spiro atoms. The monoisotopic (exact) mass is 596 g/mol. The summed E-state index contributed by atoms with van der Waals surface area (Å²) in [5, 5.41) is 13.5. The molecule has 0 bridgehead atoms. The molecule has 0 fully saturated rings. The highest BCUT2D eigenvalue weighted by Gasteiger charge is 2.29. The van der Waals surface area contributed by atoms with Gasteiger partial charge < -0.3 is 24.9 Å². The quantitative estimate of drug-likeness (QED) is 0.437. The first kappa shape index (κ1) is 31.3. The van der Waals surface area contributed by atoms with Gasteiger partial charge in [0.1, 0.15) is 31.4 Å². The predicted molar refractivity (Wildman–Crippen MR) is 144 cm³/mol. The van der Waals surface area contributed by atoms with Crippen LogP contribution in [0.4, 0.5) is 13.2 Å². The van der Waals surface area contributed by atoms with Crippen LogP contribution in [0.1, 0.15) is 29.5 Å². The molecule has 3 aromatic rings. The van der Waals surface area contributed by atoms with Crippen LogP contribution in [0.15, 0.2) is 72.8 Å². The first-order chi connectivity index (χ1) is 18.9. The van der Waals surface area contributed by atoms with Gasteiger partial charge in [-0.3, -0.25) is 4.79 Å². The Labute approximate surface area is 240 Å². The van der Waals surface area contributed by atoms with Crippen LogP contribution in [-0.4, -0.2) is 43.8 Å². The molecule has 1 unspecified atom stereocenters. The number of rotatable bonds is 7.